The average molecular weight is 287 g/mol. The van der Waals surface area contributed by atoms with E-state index >= 15 is 0 Å². The highest BCUT2D eigenvalue weighted by Gasteiger charge is 2.20. The van der Waals surface area contributed by atoms with Crippen LogP contribution in [0.1, 0.15) is 32.4 Å². The number of hydrogen-bond donors (Lipinski definition) is 2. The smallest absolute Gasteiger partial charge is 0.408 e. The summed E-state index contributed by atoms with van der Waals surface area (Å²) in [7, 11) is 0. The normalized spacial score (nSPS) is 13.0. The van der Waals surface area contributed by atoms with Gasteiger partial charge in [0.15, 0.2) is 0 Å². The van der Waals surface area contributed by atoms with Crippen LogP contribution in [0.2, 0.25) is 0 Å². The summed E-state index contributed by atoms with van der Waals surface area (Å²) < 4.78 is 5.29. The standard InChI is InChI=1S/C16H21N3O2/c1-16(2,3)21-15(20)19-14(9-17)13-6-4-5-11-10-18-8-7-12(11)13/h4-8,10,14H,9,17H2,1-3H3,(H,19,20). The molecule has 1 atom stereocenters. The van der Waals surface area contributed by atoms with E-state index in [4.69, 9.17) is 10.5 Å². The number of carbonyl (C=O) groups excluding carboxylic acids is 1. The SMILES string of the molecule is CC(C)(C)OC(=O)NC(CN)c1cccc2cnccc12. The molecule has 1 aromatic heterocycles. The molecule has 1 unspecified atom stereocenters. The van der Waals surface area contributed by atoms with Gasteiger partial charge in [-0.05, 0) is 37.8 Å². The Balaban J connectivity index is 2.26. The van der Waals surface area contributed by atoms with E-state index < -0.39 is 11.7 Å². The lowest BCUT2D eigenvalue weighted by Gasteiger charge is -2.23. The van der Waals surface area contributed by atoms with Crippen molar-refractivity contribution in [1.82, 2.24) is 10.3 Å². The summed E-state index contributed by atoms with van der Waals surface area (Å²) in [5, 5.41) is 4.87. The zero-order chi connectivity index (χ0) is 15.5. The van der Waals surface area contributed by atoms with E-state index in [1.54, 1.807) is 12.4 Å². The van der Waals surface area contributed by atoms with Crippen LogP contribution >= 0.6 is 0 Å². The minimum Gasteiger partial charge on any atom is -0.444 e. The van der Waals surface area contributed by atoms with E-state index in [0.717, 1.165) is 16.3 Å². The highest BCUT2D eigenvalue weighted by molar-refractivity contribution is 5.85. The number of benzene rings is 1. The molecule has 0 aliphatic carbocycles. The number of fused-ring (bicyclic) bond motifs is 1. The number of nitrogens with zero attached hydrogens (tertiary/aromatic N) is 1. The van der Waals surface area contributed by atoms with Crippen molar-refractivity contribution in [2.24, 2.45) is 5.73 Å². The topological polar surface area (TPSA) is 77.2 Å². The third-order valence-electron chi connectivity index (χ3n) is 3.02. The number of alkyl carbamates (subject to hydrolysis) is 1. The highest BCUT2D eigenvalue weighted by atomic mass is 16.6. The lowest BCUT2D eigenvalue weighted by Crippen LogP contribution is -2.37. The van der Waals surface area contributed by atoms with Gasteiger partial charge < -0.3 is 15.8 Å². The largest absolute Gasteiger partial charge is 0.444 e. The van der Waals surface area contributed by atoms with Crippen molar-refractivity contribution < 1.29 is 9.53 Å². The Bertz CT molecular complexity index is 629. The van der Waals surface area contributed by atoms with Gasteiger partial charge in [0.25, 0.3) is 0 Å². The van der Waals surface area contributed by atoms with Gasteiger partial charge in [-0.1, -0.05) is 18.2 Å². The summed E-state index contributed by atoms with van der Waals surface area (Å²) in [5.74, 6) is 0. The molecule has 5 heteroatoms. The summed E-state index contributed by atoms with van der Waals surface area (Å²) >= 11 is 0. The molecule has 21 heavy (non-hydrogen) atoms. The Hall–Kier alpha value is -2.14. The predicted molar refractivity (Wildman–Crippen MR) is 82.9 cm³/mol. The van der Waals surface area contributed by atoms with Crippen LogP contribution in [0.5, 0.6) is 0 Å². The Morgan fingerprint density at radius 2 is 2.14 bits per heavy atom. The first kappa shape index (κ1) is 15.3. The first-order valence-corrected chi connectivity index (χ1v) is 6.93. The van der Waals surface area contributed by atoms with Crippen molar-refractivity contribution in [3.05, 3.63) is 42.2 Å². The first-order chi connectivity index (χ1) is 9.90. The Kier molecular flexibility index (Phi) is 4.43. The van der Waals surface area contributed by atoms with Crippen molar-refractivity contribution in [2.75, 3.05) is 6.54 Å². The molecule has 0 spiro atoms. The number of amides is 1. The fraction of sp³-hybridized carbons (Fsp3) is 0.375. The molecule has 112 valence electrons. The molecule has 0 bridgehead atoms. The van der Waals surface area contributed by atoms with Crippen molar-refractivity contribution >= 4 is 16.9 Å². The minimum atomic E-state index is -0.536. The molecule has 0 aliphatic heterocycles. The van der Waals surface area contributed by atoms with Crippen molar-refractivity contribution in [3.63, 3.8) is 0 Å². The molecule has 0 saturated carbocycles. The van der Waals surface area contributed by atoms with Crippen LogP contribution in [0.15, 0.2) is 36.7 Å². The molecule has 0 aliphatic rings. The maximum atomic E-state index is 11.9. The maximum Gasteiger partial charge on any atom is 0.408 e. The second kappa shape index (κ2) is 6.10. The number of hydrogen-bond acceptors (Lipinski definition) is 4. The number of rotatable bonds is 3. The van der Waals surface area contributed by atoms with Crippen LogP contribution in [0.25, 0.3) is 10.8 Å². The monoisotopic (exact) mass is 287 g/mol. The molecule has 2 rings (SSSR count). The number of nitrogens with two attached hydrogens (primary N) is 1. The first-order valence-electron chi connectivity index (χ1n) is 6.93. The lowest BCUT2D eigenvalue weighted by atomic mass is 10.0. The molecule has 5 nitrogen and oxygen atoms in total. The van der Waals surface area contributed by atoms with Crippen LogP contribution in [0.3, 0.4) is 0 Å². The minimum absolute atomic E-state index is 0.292. The van der Waals surface area contributed by atoms with Crippen LogP contribution in [0, 0.1) is 0 Å². The average Bonchev–Trinajstić information content (AvgIpc) is 2.42. The van der Waals surface area contributed by atoms with E-state index in [0.29, 0.717) is 6.54 Å². The second-order valence-corrected chi connectivity index (χ2v) is 5.88. The molecule has 0 fully saturated rings. The van der Waals surface area contributed by atoms with Gasteiger partial charge in [0, 0.05) is 24.3 Å². The molecule has 0 saturated heterocycles. The zero-order valence-electron chi connectivity index (χ0n) is 12.6. The third kappa shape index (κ3) is 3.92. The van der Waals surface area contributed by atoms with Gasteiger partial charge in [-0.25, -0.2) is 4.79 Å². The van der Waals surface area contributed by atoms with Crippen LogP contribution in [-0.4, -0.2) is 23.2 Å². The van der Waals surface area contributed by atoms with Gasteiger partial charge in [-0.2, -0.15) is 0 Å². The van der Waals surface area contributed by atoms with E-state index in [1.807, 2.05) is 45.0 Å². The van der Waals surface area contributed by atoms with Gasteiger partial charge in [0.2, 0.25) is 0 Å². The summed E-state index contributed by atoms with van der Waals surface area (Å²) in [6, 6.07) is 7.48. The quantitative estimate of drug-likeness (QED) is 0.910. The van der Waals surface area contributed by atoms with Crippen LogP contribution in [-0.2, 0) is 4.74 Å². The second-order valence-electron chi connectivity index (χ2n) is 5.88. The summed E-state index contributed by atoms with van der Waals surface area (Å²) in [5.41, 5.74) is 6.25. The van der Waals surface area contributed by atoms with Gasteiger partial charge in [-0.3, -0.25) is 4.98 Å². The van der Waals surface area contributed by atoms with Crippen molar-refractivity contribution in [2.45, 2.75) is 32.4 Å². The Labute approximate surface area is 124 Å². The van der Waals surface area contributed by atoms with E-state index in [-0.39, 0.29) is 6.04 Å². The fourth-order valence-corrected chi connectivity index (χ4v) is 2.16. The zero-order valence-corrected chi connectivity index (χ0v) is 12.6. The Morgan fingerprint density at radius 3 is 2.81 bits per heavy atom. The third-order valence-corrected chi connectivity index (χ3v) is 3.02. The predicted octanol–water partition coefficient (Wildman–Crippen LogP) is 2.76. The van der Waals surface area contributed by atoms with Crippen molar-refractivity contribution in [1.29, 1.82) is 0 Å². The van der Waals surface area contributed by atoms with Crippen LogP contribution in [0.4, 0.5) is 4.79 Å². The molecular weight excluding hydrogens is 266 g/mol. The number of pyridine rings is 1. The molecule has 1 heterocycles. The highest BCUT2D eigenvalue weighted by Crippen LogP contribution is 2.23. The number of carbonyl (C=O) groups is 1. The fourth-order valence-electron chi connectivity index (χ4n) is 2.16. The Morgan fingerprint density at radius 1 is 1.38 bits per heavy atom. The maximum absolute atomic E-state index is 11.9. The summed E-state index contributed by atoms with van der Waals surface area (Å²) in [6.45, 7) is 5.77. The molecule has 0 radical (unpaired) electrons. The number of nitrogens with one attached hydrogen (secondary N) is 1. The van der Waals surface area contributed by atoms with E-state index in [1.165, 1.54) is 0 Å². The van der Waals surface area contributed by atoms with Crippen molar-refractivity contribution in [3.8, 4) is 0 Å². The summed E-state index contributed by atoms with van der Waals surface area (Å²) in [4.78, 5) is 16.0. The van der Waals surface area contributed by atoms with Gasteiger partial charge in [0.05, 0.1) is 6.04 Å². The summed E-state index contributed by atoms with van der Waals surface area (Å²) in [6.07, 6.45) is 3.05. The van der Waals surface area contributed by atoms with Gasteiger partial charge in [-0.15, -0.1) is 0 Å². The molecule has 1 amide bonds. The van der Waals surface area contributed by atoms with E-state index in [2.05, 4.69) is 10.3 Å². The number of aromatic nitrogens is 1. The lowest BCUT2D eigenvalue weighted by molar-refractivity contribution is 0.0505. The van der Waals surface area contributed by atoms with Crippen LogP contribution < -0.4 is 11.1 Å². The van der Waals surface area contributed by atoms with Gasteiger partial charge >= 0.3 is 6.09 Å². The molecular formula is C16H21N3O2. The number of ether oxygens (including phenoxy) is 1. The van der Waals surface area contributed by atoms with Gasteiger partial charge in [0.1, 0.15) is 5.60 Å². The van der Waals surface area contributed by atoms with E-state index in [9.17, 15) is 4.79 Å². The molecule has 2 aromatic rings. The molecule has 1 aromatic carbocycles. The molecule has 3 N–H and O–H groups in total.